The van der Waals surface area contributed by atoms with Crippen LogP contribution in [0.25, 0.3) is 0 Å². The molecule has 0 N–H and O–H groups in total. The normalized spacial score (nSPS) is 13.0. The summed E-state index contributed by atoms with van der Waals surface area (Å²) in [6.07, 6.45) is 1.15. The smallest absolute Gasteiger partial charge is 0.346 e. The Balaban J connectivity index is 2.68. The van der Waals surface area contributed by atoms with Crippen LogP contribution in [0.15, 0.2) is 24.3 Å². The number of rotatable bonds is 8. The second-order valence-corrected chi connectivity index (χ2v) is 7.33. The van der Waals surface area contributed by atoms with E-state index < -0.39 is 5.97 Å². The molecule has 0 amide bonds. The average Bonchev–Trinajstić information content (AvgIpc) is 2.48. The summed E-state index contributed by atoms with van der Waals surface area (Å²) in [7, 11) is 1.47. The van der Waals surface area contributed by atoms with Crippen molar-refractivity contribution in [3.8, 4) is 5.75 Å². The summed E-state index contributed by atoms with van der Waals surface area (Å²) in [6.45, 7) is 11.2. The molecule has 130 valence electrons. The quantitative estimate of drug-likeness (QED) is 0.526. The molecule has 0 aliphatic carbocycles. The molecule has 0 heterocycles. The maximum Gasteiger partial charge on any atom is 0.346 e. The molecule has 0 aromatic heterocycles. The first-order valence-corrected chi connectivity index (χ1v) is 8.11. The van der Waals surface area contributed by atoms with E-state index in [0.717, 1.165) is 6.42 Å². The highest BCUT2D eigenvalue weighted by Crippen LogP contribution is 2.40. The predicted molar refractivity (Wildman–Crippen MR) is 91.6 cm³/mol. The van der Waals surface area contributed by atoms with Crippen LogP contribution in [0.4, 0.5) is 0 Å². The Morgan fingerprint density at radius 3 is 2.22 bits per heavy atom. The maximum absolute atomic E-state index is 11.4. The van der Waals surface area contributed by atoms with Gasteiger partial charge in [-0.15, -0.1) is 0 Å². The van der Waals surface area contributed by atoms with E-state index >= 15 is 0 Å². The lowest BCUT2D eigenvalue weighted by Gasteiger charge is -2.32. The van der Waals surface area contributed by atoms with Crippen molar-refractivity contribution in [3.63, 3.8) is 0 Å². The van der Waals surface area contributed by atoms with E-state index in [0.29, 0.717) is 17.6 Å². The third kappa shape index (κ3) is 7.04. The van der Waals surface area contributed by atoms with Crippen LogP contribution in [0, 0.1) is 11.3 Å². The van der Waals surface area contributed by atoms with E-state index in [1.54, 1.807) is 0 Å². The number of ether oxygens (including phenoxy) is 3. The minimum absolute atomic E-state index is 0.0520. The first-order chi connectivity index (χ1) is 10.7. The van der Waals surface area contributed by atoms with Crippen LogP contribution >= 0.6 is 0 Å². The Morgan fingerprint density at radius 1 is 1.13 bits per heavy atom. The Bertz CT molecular complexity index is 471. The zero-order valence-corrected chi connectivity index (χ0v) is 15.2. The van der Waals surface area contributed by atoms with Gasteiger partial charge in [-0.3, -0.25) is 0 Å². The molecule has 0 aliphatic rings. The van der Waals surface area contributed by atoms with Crippen molar-refractivity contribution >= 4 is 5.97 Å². The van der Waals surface area contributed by atoms with Crippen LogP contribution in [0.2, 0.25) is 0 Å². The van der Waals surface area contributed by atoms with Crippen LogP contribution in [-0.2, 0) is 14.3 Å². The lowest BCUT2D eigenvalue weighted by Crippen LogP contribution is -2.20. The molecule has 4 heteroatoms. The highest BCUT2D eigenvalue weighted by atomic mass is 16.7. The van der Waals surface area contributed by atoms with Gasteiger partial charge in [-0.25, -0.2) is 4.79 Å². The van der Waals surface area contributed by atoms with Crippen molar-refractivity contribution in [1.29, 1.82) is 0 Å². The molecule has 1 unspecified atom stereocenters. The Labute approximate surface area is 140 Å². The molecule has 0 fully saturated rings. The number of hydrogen-bond donors (Lipinski definition) is 0. The predicted octanol–water partition coefficient (Wildman–Crippen LogP) is 4.39. The van der Waals surface area contributed by atoms with Crippen molar-refractivity contribution in [1.82, 2.24) is 0 Å². The Morgan fingerprint density at radius 2 is 1.74 bits per heavy atom. The van der Waals surface area contributed by atoms with Gasteiger partial charge in [0.25, 0.3) is 0 Å². The number of methoxy groups -OCH3 is 1. The van der Waals surface area contributed by atoms with Gasteiger partial charge in [0.15, 0.2) is 13.4 Å². The van der Waals surface area contributed by atoms with Crippen molar-refractivity contribution in [2.45, 2.75) is 47.0 Å². The number of esters is 1. The molecule has 0 bridgehead atoms. The fourth-order valence-electron chi connectivity index (χ4n) is 2.57. The van der Waals surface area contributed by atoms with Gasteiger partial charge in [-0.05, 0) is 41.4 Å². The Hall–Kier alpha value is -1.55. The molecular formula is C19H30O4. The van der Waals surface area contributed by atoms with Crippen LogP contribution in [0.5, 0.6) is 5.75 Å². The Kier molecular flexibility index (Phi) is 7.56. The zero-order valence-electron chi connectivity index (χ0n) is 15.2. The van der Waals surface area contributed by atoms with E-state index in [2.05, 4.69) is 51.5 Å². The fourth-order valence-corrected chi connectivity index (χ4v) is 2.57. The highest BCUT2D eigenvalue weighted by molar-refractivity contribution is 5.71. The van der Waals surface area contributed by atoms with Crippen molar-refractivity contribution < 1.29 is 19.0 Å². The summed E-state index contributed by atoms with van der Waals surface area (Å²) in [5, 5.41) is 0. The van der Waals surface area contributed by atoms with Gasteiger partial charge in [-0.1, -0.05) is 46.8 Å². The van der Waals surface area contributed by atoms with Gasteiger partial charge in [0.2, 0.25) is 0 Å². The number of benzene rings is 1. The van der Waals surface area contributed by atoms with Crippen LogP contribution < -0.4 is 4.74 Å². The second kappa shape index (κ2) is 8.92. The standard InChI is InChI=1S/C19H30O4/c1-14(2)11-17(19(3,4)5)15-7-9-16(10-8-15)22-12-18(20)23-13-21-6/h7-10,14,17H,11-13H2,1-6H3. The van der Waals surface area contributed by atoms with E-state index in [1.165, 1.54) is 12.7 Å². The van der Waals surface area contributed by atoms with Crippen LogP contribution in [-0.4, -0.2) is 26.5 Å². The van der Waals surface area contributed by atoms with E-state index in [1.807, 2.05) is 12.1 Å². The summed E-state index contributed by atoms with van der Waals surface area (Å²) >= 11 is 0. The van der Waals surface area contributed by atoms with Gasteiger partial charge < -0.3 is 14.2 Å². The molecule has 23 heavy (non-hydrogen) atoms. The summed E-state index contributed by atoms with van der Waals surface area (Å²) in [4.78, 5) is 11.4. The SMILES string of the molecule is COCOC(=O)COc1ccc(C(CC(C)C)C(C)(C)C)cc1. The van der Waals surface area contributed by atoms with Gasteiger partial charge in [0.1, 0.15) is 5.75 Å². The van der Waals surface area contributed by atoms with E-state index in [4.69, 9.17) is 9.47 Å². The number of hydrogen-bond acceptors (Lipinski definition) is 4. The maximum atomic E-state index is 11.4. The van der Waals surface area contributed by atoms with Gasteiger partial charge in [0, 0.05) is 7.11 Å². The molecule has 4 nitrogen and oxygen atoms in total. The zero-order chi connectivity index (χ0) is 17.5. The molecule has 1 rings (SSSR count). The summed E-state index contributed by atoms with van der Waals surface area (Å²) in [5.74, 6) is 1.36. The number of carbonyl (C=O) groups is 1. The molecule has 0 spiro atoms. The van der Waals surface area contributed by atoms with Crippen LogP contribution in [0.1, 0.15) is 52.5 Å². The summed E-state index contributed by atoms with van der Waals surface area (Å²) in [5.41, 5.74) is 1.51. The average molecular weight is 322 g/mol. The minimum Gasteiger partial charge on any atom is -0.482 e. The molecule has 1 aromatic rings. The molecule has 0 saturated heterocycles. The van der Waals surface area contributed by atoms with Gasteiger partial charge in [0.05, 0.1) is 0 Å². The van der Waals surface area contributed by atoms with E-state index in [9.17, 15) is 4.79 Å². The largest absolute Gasteiger partial charge is 0.482 e. The van der Waals surface area contributed by atoms with Crippen molar-refractivity contribution in [3.05, 3.63) is 29.8 Å². The molecule has 0 aliphatic heterocycles. The van der Waals surface area contributed by atoms with Crippen LogP contribution in [0.3, 0.4) is 0 Å². The first kappa shape index (κ1) is 19.5. The lowest BCUT2D eigenvalue weighted by atomic mass is 9.72. The topological polar surface area (TPSA) is 44.8 Å². The van der Waals surface area contributed by atoms with Crippen molar-refractivity contribution in [2.24, 2.45) is 11.3 Å². The second-order valence-electron chi connectivity index (χ2n) is 7.33. The summed E-state index contributed by atoms with van der Waals surface area (Å²) in [6, 6.07) is 8.01. The third-order valence-corrected chi connectivity index (χ3v) is 3.73. The number of carbonyl (C=O) groups excluding carboxylic acids is 1. The minimum atomic E-state index is -0.441. The van der Waals surface area contributed by atoms with E-state index in [-0.39, 0.29) is 18.8 Å². The molecule has 1 aromatic carbocycles. The third-order valence-electron chi connectivity index (χ3n) is 3.73. The molecule has 0 saturated carbocycles. The monoisotopic (exact) mass is 322 g/mol. The van der Waals surface area contributed by atoms with Gasteiger partial charge in [-0.2, -0.15) is 0 Å². The summed E-state index contributed by atoms with van der Waals surface area (Å²) < 4.78 is 14.9. The molecular weight excluding hydrogens is 292 g/mol. The van der Waals surface area contributed by atoms with Crippen molar-refractivity contribution in [2.75, 3.05) is 20.5 Å². The van der Waals surface area contributed by atoms with Gasteiger partial charge >= 0.3 is 5.97 Å². The molecule has 0 radical (unpaired) electrons. The fraction of sp³-hybridized carbons (Fsp3) is 0.632. The first-order valence-electron chi connectivity index (χ1n) is 8.11. The molecule has 1 atom stereocenters. The lowest BCUT2D eigenvalue weighted by molar-refractivity contribution is -0.156. The highest BCUT2D eigenvalue weighted by Gasteiger charge is 2.26.